The summed E-state index contributed by atoms with van der Waals surface area (Å²) < 4.78 is 5.10. The molecule has 6 nitrogen and oxygen atoms in total. The lowest BCUT2D eigenvalue weighted by molar-refractivity contribution is -0.139. The fraction of sp³-hybridized carbons (Fsp3) is 0.353. The Morgan fingerprint density at radius 2 is 2.00 bits per heavy atom. The van der Waals surface area contributed by atoms with Crippen molar-refractivity contribution in [3.05, 3.63) is 42.2 Å². The van der Waals surface area contributed by atoms with Crippen molar-refractivity contribution in [2.24, 2.45) is 0 Å². The lowest BCUT2D eigenvalue weighted by Gasteiger charge is -2.22. The fourth-order valence-electron chi connectivity index (χ4n) is 2.15. The molecule has 1 atom stereocenters. The largest absolute Gasteiger partial charge is 0.480 e. The Labute approximate surface area is 134 Å². The zero-order valence-electron chi connectivity index (χ0n) is 13.4. The van der Waals surface area contributed by atoms with Crippen LogP contribution in [0.15, 0.2) is 36.7 Å². The summed E-state index contributed by atoms with van der Waals surface area (Å²) in [5.41, 5.74) is 0.135. The number of amides is 1. The number of rotatable bonds is 4. The molecule has 6 heteroatoms. The van der Waals surface area contributed by atoms with Crippen molar-refractivity contribution in [2.45, 2.75) is 38.8 Å². The first-order chi connectivity index (χ1) is 10.7. The Bertz CT molecular complexity index is 722. The smallest absolute Gasteiger partial charge is 0.408 e. The number of carbonyl (C=O) groups is 2. The second-order valence-corrected chi connectivity index (χ2v) is 6.30. The van der Waals surface area contributed by atoms with Crippen LogP contribution in [-0.4, -0.2) is 33.8 Å². The molecule has 2 rings (SSSR count). The van der Waals surface area contributed by atoms with E-state index in [0.29, 0.717) is 0 Å². The van der Waals surface area contributed by atoms with Crippen molar-refractivity contribution in [3.63, 3.8) is 0 Å². The molecular formula is C17H20N2O4. The number of aromatic nitrogens is 1. The summed E-state index contributed by atoms with van der Waals surface area (Å²) in [6.45, 7) is 5.17. The zero-order chi connectivity index (χ0) is 17.0. The van der Waals surface area contributed by atoms with Gasteiger partial charge in [0.2, 0.25) is 0 Å². The number of pyridine rings is 1. The van der Waals surface area contributed by atoms with Gasteiger partial charge in [-0.15, -0.1) is 0 Å². The number of alkyl carbamates (subject to hydrolysis) is 1. The SMILES string of the molecule is CC(C)(C)OC(=O)N[C@@H](Cc1ccc2cnccc2c1)C(=O)O. The number of carboxylic acid groups (broad SMARTS) is 1. The highest BCUT2D eigenvalue weighted by atomic mass is 16.6. The van der Waals surface area contributed by atoms with Gasteiger partial charge < -0.3 is 15.2 Å². The molecule has 2 N–H and O–H groups in total. The highest BCUT2D eigenvalue weighted by molar-refractivity contribution is 5.83. The summed E-state index contributed by atoms with van der Waals surface area (Å²) in [7, 11) is 0. The molecule has 0 bridgehead atoms. The number of nitrogens with one attached hydrogen (secondary N) is 1. The summed E-state index contributed by atoms with van der Waals surface area (Å²) in [6, 6.07) is 6.41. The van der Waals surface area contributed by atoms with E-state index in [1.165, 1.54) is 0 Å². The second kappa shape index (κ2) is 6.64. The average molecular weight is 316 g/mol. The molecule has 0 aliphatic heterocycles. The van der Waals surface area contributed by atoms with Crippen LogP contribution in [0, 0.1) is 0 Å². The molecule has 0 spiro atoms. The summed E-state index contributed by atoms with van der Waals surface area (Å²) >= 11 is 0. The number of benzene rings is 1. The van der Waals surface area contributed by atoms with Gasteiger partial charge in [-0.3, -0.25) is 4.98 Å². The van der Waals surface area contributed by atoms with Gasteiger partial charge in [0.1, 0.15) is 11.6 Å². The van der Waals surface area contributed by atoms with Gasteiger partial charge in [-0.1, -0.05) is 18.2 Å². The lowest BCUT2D eigenvalue weighted by Crippen LogP contribution is -2.44. The van der Waals surface area contributed by atoms with E-state index in [1.54, 1.807) is 33.2 Å². The summed E-state index contributed by atoms with van der Waals surface area (Å²) in [4.78, 5) is 27.2. The number of carbonyl (C=O) groups excluding carboxylic acids is 1. The molecule has 0 fully saturated rings. The minimum atomic E-state index is -1.11. The number of ether oxygens (including phenoxy) is 1. The normalized spacial score (nSPS) is 12.7. The molecule has 122 valence electrons. The average Bonchev–Trinajstić information content (AvgIpc) is 2.44. The first-order valence-corrected chi connectivity index (χ1v) is 7.29. The van der Waals surface area contributed by atoms with Crippen LogP contribution >= 0.6 is 0 Å². The van der Waals surface area contributed by atoms with Crippen molar-refractivity contribution in [1.29, 1.82) is 0 Å². The molecule has 23 heavy (non-hydrogen) atoms. The molecule has 0 unspecified atom stereocenters. The van der Waals surface area contributed by atoms with Gasteiger partial charge in [-0.05, 0) is 37.8 Å². The van der Waals surface area contributed by atoms with Gasteiger partial charge in [-0.2, -0.15) is 0 Å². The predicted octanol–water partition coefficient (Wildman–Crippen LogP) is 2.76. The van der Waals surface area contributed by atoms with E-state index >= 15 is 0 Å². The molecule has 1 aromatic heterocycles. The molecule has 1 aromatic carbocycles. The Morgan fingerprint density at radius 1 is 1.26 bits per heavy atom. The lowest BCUT2D eigenvalue weighted by atomic mass is 10.0. The Kier molecular flexibility index (Phi) is 4.83. The summed E-state index contributed by atoms with van der Waals surface area (Å²) in [5.74, 6) is -1.11. The third-order valence-corrected chi connectivity index (χ3v) is 3.13. The molecule has 1 heterocycles. The highest BCUT2D eigenvalue weighted by Gasteiger charge is 2.24. The first kappa shape index (κ1) is 16.7. The Morgan fingerprint density at radius 3 is 2.65 bits per heavy atom. The van der Waals surface area contributed by atoms with Crippen molar-refractivity contribution >= 4 is 22.8 Å². The zero-order valence-corrected chi connectivity index (χ0v) is 13.4. The van der Waals surface area contributed by atoms with E-state index < -0.39 is 23.7 Å². The number of fused-ring (bicyclic) bond motifs is 1. The maximum Gasteiger partial charge on any atom is 0.408 e. The van der Waals surface area contributed by atoms with E-state index in [4.69, 9.17) is 4.74 Å². The van der Waals surface area contributed by atoms with E-state index in [1.807, 2.05) is 24.3 Å². The van der Waals surface area contributed by atoms with E-state index in [2.05, 4.69) is 10.3 Å². The van der Waals surface area contributed by atoms with Gasteiger partial charge in [-0.25, -0.2) is 9.59 Å². The molecule has 0 radical (unpaired) electrons. The Balaban J connectivity index is 2.11. The third-order valence-electron chi connectivity index (χ3n) is 3.13. The van der Waals surface area contributed by atoms with Gasteiger partial charge in [0, 0.05) is 24.2 Å². The highest BCUT2D eigenvalue weighted by Crippen LogP contribution is 2.16. The van der Waals surface area contributed by atoms with Crippen LogP contribution in [-0.2, 0) is 16.0 Å². The van der Waals surface area contributed by atoms with Crippen molar-refractivity contribution in [3.8, 4) is 0 Å². The number of hydrogen-bond acceptors (Lipinski definition) is 4. The monoisotopic (exact) mass is 316 g/mol. The van der Waals surface area contributed by atoms with Gasteiger partial charge in [0.15, 0.2) is 0 Å². The molecular weight excluding hydrogens is 296 g/mol. The number of nitrogens with zero attached hydrogens (tertiary/aromatic N) is 1. The van der Waals surface area contributed by atoms with Gasteiger partial charge >= 0.3 is 12.1 Å². The molecule has 2 aromatic rings. The fourth-order valence-corrected chi connectivity index (χ4v) is 2.15. The van der Waals surface area contributed by atoms with Crippen molar-refractivity contribution in [1.82, 2.24) is 10.3 Å². The second-order valence-electron chi connectivity index (χ2n) is 6.30. The quantitative estimate of drug-likeness (QED) is 0.905. The van der Waals surface area contributed by atoms with Crippen LogP contribution in [0.3, 0.4) is 0 Å². The standard InChI is InChI=1S/C17H20N2O4/c1-17(2,3)23-16(22)19-14(15(20)21)9-11-4-5-13-10-18-7-6-12(13)8-11/h4-8,10,14H,9H2,1-3H3,(H,19,22)(H,20,21)/t14-/m0/s1. The molecule has 0 aliphatic rings. The van der Waals surface area contributed by atoms with Crippen LogP contribution in [0.5, 0.6) is 0 Å². The van der Waals surface area contributed by atoms with Gasteiger partial charge in [0.25, 0.3) is 0 Å². The minimum absolute atomic E-state index is 0.173. The first-order valence-electron chi connectivity index (χ1n) is 7.29. The molecule has 0 saturated carbocycles. The van der Waals surface area contributed by atoms with Crippen LogP contribution < -0.4 is 5.32 Å². The summed E-state index contributed by atoms with van der Waals surface area (Å²) in [5, 5.41) is 13.7. The number of hydrogen-bond donors (Lipinski definition) is 2. The summed E-state index contributed by atoms with van der Waals surface area (Å²) in [6.07, 6.45) is 2.86. The van der Waals surface area contributed by atoms with Crippen LogP contribution in [0.1, 0.15) is 26.3 Å². The minimum Gasteiger partial charge on any atom is -0.480 e. The molecule has 0 aliphatic carbocycles. The van der Waals surface area contributed by atoms with E-state index in [-0.39, 0.29) is 6.42 Å². The van der Waals surface area contributed by atoms with Crippen molar-refractivity contribution in [2.75, 3.05) is 0 Å². The van der Waals surface area contributed by atoms with Crippen molar-refractivity contribution < 1.29 is 19.4 Å². The van der Waals surface area contributed by atoms with E-state index in [0.717, 1.165) is 16.3 Å². The third kappa shape index (κ3) is 4.95. The number of carboxylic acids is 1. The topological polar surface area (TPSA) is 88.5 Å². The van der Waals surface area contributed by atoms with E-state index in [9.17, 15) is 14.7 Å². The molecule has 1 amide bonds. The maximum absolute atomic E-state index is 11.8. The molecule has 0 saturated heterocycles. The number of aliphatic carboxylic acids is 1. The van der Waals surface area contributed by atoms with Gasteiger partial charge in [0.05, 0.1) is 0 Å². The maximum atomic E-state index is 11.8. The predicted molar refractivity (Wildman–Crippen MR) is 86.2 cm³/mol. The van der Waals surface area contributed by atoms with Crippen LogP contribution in [0.25, 0.3) is 10.8 Å². The Hall–Kier alpha value is -2.63. The van der Waals surface area contributed by atoms with Crippen LogP contribution in [0.4, 0.5) is 4.79 Å². The van der Waals surface area contributed by atoms with Crippen LogP contribution in [0.2, 0.25) is 0 Å².